The van der Waals surface area contributed by atoms with Crippen LogP contribution in [0.1, 0.15) is 5.56 Å². The molecule has 0 aliphatic rings. The molecule has 0 unspecified atom stereocenters. The van der Waals surface area contributed by atoms with Crippen LogP contribution in [0.3, 0.4) is 0 Å². The van der Waals surface area contributed by atoms with E-state index in [0.717, 1.165) is 30.3 Å². The van der Waals surface area contributed by atoms with Crippen molar-refractivity contribution in [3.05, 3.63) is 59.7 Å². The number of para-hydroxylation sites is 1. The average molecular weight is 367 g/mol. The van der Waals surface area contributed by atoms with E-state index in [0.29, 0.717) is 0 Å². The van der Waals surface area contributed by atoms with Gasteiger partial charge in [-0.25, -0.2) is 21.9 Å². The SMILES string of the molecule is O=S(=O)(NCc1ccc(F)c(F)c1)c1ccccc1OC(F)(F)F. The lowest BCUT2D eigenvalue weighted by Gasteiger charge is -2.14. The van der Waals surface area contributed by atoms with Crippen LogP contribution in [0.25, 0.3) is 0 Å². The lowest BCUT2D eigenvalue weighted by atomic mass is 10.2. The number of hydrogen-bond donors (Lipinski definition) is 1. The van der Waals surface area contributed by atoms with Crippen molar-refractivity contribution in [3.8, 4) is 5.75 Å². The van der Waals surface area contributed by atoms with Gasteiger partial charge in [0.2, 0.25) is 10.0 Å². The molecule has 2 aromatic carbocycles. The van der Waals surface area contributed by atoms with Crippen LogP contribution in [0.4, 0.5) is 22.0 Å². The fraction of sp³-hybridized carbons (Fsp3) is 0.143. The first-order chi connectivity index (χ1) is 11.1. The smallest absolute Gasteiger partial charge is 0.404 e. The molecule has 0 aliphatic heterocycles. The summed E-state index contributed by atoms with van der Waals surface area (Å²) in [5, 5.41) is 0. The van der Waals surface area contributed by atoms with Crippen molar-refractivity contribution in [2.75, 3.05) is 0 Å². The monoisotopic (exact) mass is 367 g/mol. The van der Waals surface area contributed by atoms with Gasteiger partial charge in [0.05, 0.1) is 0 Å². The first kappa shape index (κ1) is 18.1. The van der Waals surface area contributed by atoms with Gasteiger partial charge in [-0.1, -0.05) is 18.2 Å². The Balaban J connectivity index is 2.23. The second-order valence-corrected chi connectivity index (χ2v) is 6.30. The molecule has 0 saturated carbocycles. The summed E-state index contributed by atoms with van der Waals surface area (Å²) in [5.74, 6) is -3.18. The Morgan fingerprint density at radius 1 is 1.00 bits per heavy atom. The maximum Gasteiger partial charge on any atom is 0.573 e. The van der Waals surface area contributed by atoms with Gasteiger partial charge in [-0.15, -0.1) is 13.2 Å². The fourth-order valence-electron chi connectivity index (χ4n) is 1.79. The summed E-state index contributed by atoms with van der Waals surface area (Å²) in [6.07, 6.45) is -5.06. The van der Waals surface area contributed by atoms with Crippen molar-refractivity contribution in [1.29, 1.82) is 0 Å². The van der Waals surface area contributed by atoms with Crippen molar-refractivity contribution in [3.63, 3.8) is 0 Å². The van der Waals surface area contributed by atoms with Crippen molar-refractivity contribution < 1.29 is 35.1 Å². The third-order valence-corrected chi connectivity index (χ3v) is 4.26. The molecule has 2 rings (SSSR count). The molecule has 0 heterocycles. The molecule has 0 atom stereocenters. The zero-order chi connectivity index (χ0) is 18.0. The predicted molar refractivity (Wildman–Crippen MR) is 73.5 cm³/mol. The van der Waals surface area contributed by atoms with E-state index in [1.54, 1.807) is 0 Å². The Kier molecular flexibility index (Phi) is 5.09. The maximum atomic E-state index is 13.1. The van der Waals surface area contributed by atoms with Gasteiger partial charge in [0.1, 0.15) is 10.6 Å². The van der Waals surface area contributed by atoms with Crippen molar-refractivity contribution in [2.45, 2.75) is 17.8 Å². The summed E-state index contributed by atoms with van der Waals surface area (Å²) in [6, 6.07) is 6.88. The van der Waals surface area contributed by atoms with Crippen LogP contribution < -0.4 is 9.46 Å². The fourth-order valence-corrected chi connectivity index (χ4v) is 2.93. The molecule has 1 N–H and O–H groups in total. The van der Waals surface area contributed by atoms with E-state index in [1.165, 1.54) is 12.1 Å². The van der Waals surface area contributed by atoms with E-state index in [4.69, 9.17) is 0 Å². The molecular weight excluding hydrogens is 357 g/mol. The van der Waals surface area contributed by atoms with Gasteiger partial charge in [0.25, 0.3) is 0 Å². The Morgan fingerprint density at radius 2 is 1.67 bits per heavy atom. The van der Waals surface area contributed by atoms with Crippen LogP contribution in [0, 0.1) is 11.6 Å². The quantitative estimate of drug-likeness (QED) is 0.825. The normalized spacial score (nSPS) is 12.2. The van der Waals surface area contributed by atoms with Gasteiger partial charge in [0.15, 0.2) is 11.6 Å². The maximum absolute atomic E-state index is 13.1. The van der Waals surface area contributed by atoms with E-state index in [2.05, 4.69) is 4.74 Å². The van der Waals surface area contributed by atoms with Crippen LogP contribution in [0.5, 0.6) is 5.75 Å². The summed E-state index contributed by atoms with van der Waals surface area (Å²) in [7, 11) is -4.38. The van der Waals surface area contributed by atoms with Crippen molar-refractivity contribution >= 4 is 10.0 Å². The molecule has 0 bridgehead atoms. The highest BCUT2D eigenvalue weighted by molar-refractivity contribution is 7.89. The molecule has 130 valence electrons. The topological polar surface area (TPSA) is 55.4 Å². The molecule has 24 heavy (non-hydrogen) atoms. The number of nitrogens with one attached hydrogen (secondary N) is 1. The number of halogens is 5. The Labute approximate surface area is 133 Å². The summed E-state index contributed by atoms with van der Waals surface area (Å²) < 4.78 is 92.8. The summed E-state index contributed by atoms with van der Waals surface area (Å²) >= 11 is 0. The minimum Gasteiger partial charge on any atom is -0.404 e. The van der Waals surface area contributed by atoms with Crippen LogP contribution in [-0.2, 0) is 16.6 Å². The second kappa shape index (κ2) is 6.73. The van der Waals surface area contributed by atoms with E-state index < -0.39 is 45.2 Å². The predicted octanol–water partition coefficient (Wildman–Crippen LogP) is 3.34. The Bertz CT molecular complexity index is 837. The third kappa shape index (κ3) is 4.65. The lowest BCUT2D eigenvalue weighted by molar-refractivity contribution is -0.275. The highest BCUT2D eigenvalue weighted by atomic mass is 32.2. The largest absolute Gasteiger partial charge is 0.573 e. The molecule has 10 heteroatoms. The van der Waals surface area contributed by atoms with E-state index in [1.807, 2.05) is 4.72 Å². The molecule has 4 nitrogen and oxygen atoms in total. The van der Waals surface area contributed by atoms with E-state index in [-0.39, 0.29) is 5.56 Å². The van der Waals surface area contributed by atoms with Crippen molar-refractivity contribution in [1.82, 2.24) is 4.72 Å². The van der Waals surface area contributed by atoms with E-state index >= 15 is 0 Å². The third-order valence-electron chi connectivity index (χ3n) is 2.81. The minimum atomic E-state index is -5.06. The van der Waals surface area contributed by atoms with Gasteiger partial charge >= 0.3 is 6.36 Å². The number of benzene rings is 2. The molecule has 0 spiro atoms. The molecular formula is C14H10F5NO3S. The average Bonchev–Trinajstić information content (AvgIpc) is 2.47. The zero-order valence-corrected chi connectivity index (χ0v) is 12.6. The van der Waals surface area contributed by atoms with Crippen LogP contribution in [-0.4, -0.2) is 14.8 Å². The summed E-state index contributed by atoms with van der Waals surface area (Å²) in [4.78, 5) is -0.732. The Morgan fingerprint density at radius 3 is 2.29 bits per heavy atom. The van der Waals surface area contributed by atoms with Gasteiger partial charge in [-0.2, -0.15) is 0 Å². The van der Waals surface area contributed by atoms with E-state index in [9.17, 15) is 30.4 Å². The second-order valence-electron chi connectivity index (χ2n) is 4.57. The Hall–Kier alpha value is -2.20. The van der Waals surface area contributed by atoms with Gasteiger partial charge in [0, 0.05) is 6.54 Å². The molecule has 0 aromatic heterocycles. The van der Waals surface area contributed by atoms with Gasteiger partial charge < -0.3 is 4.74 Å². The molecule has 2 aromatic rings. The zero-order valence-electron chi connectivity index (χ0n) is 11.8. The molecule has 0 radical (unpaired) electrons. The van der Waals surface area contributed by atoms with Gasteiger partial charge in [-0.05, 0) is 29.8 Å². The molecule has 0 fully saturated rings. The molecule has 0 aliphatic carbocycles. The number of hydrogen-bond acceptors (Lipinski definition) is 3. The number of alkyl halides is 3. The highest BCUT2D eigenvalue weighted by Gasteiger charge is 2.33. The number of rotatable bonds is 5. The molecule has 0 amide bonds. The van der Waals surface area contributed by atoms with Crippen LogP contribution >= 0.6 is 0 Å². The standard InChI is InChI=1S/C14H10F5NO3S/c15-10-6-5-9(7-11(10)16)8-20-24(21,22)13-4-2-1-3-12(13)23-14(17,18)19/h1-7,20H,8H2. The van der Waals surface area contributed by atoms with Crippen LogP contribution in [0.15, 0.2) is 47.4 Å². The van der Waals surface area contributed by atoms with Gasteiger partial charge in [-0.3, -0.25) is 0 Å². The first-order valence-electron chi connectivity index (χ1n) is 6.37. The summed E-state index contributed by atoms with van der Waals surface area (Å²) in [6.45, 7) is -0.445. The minimum absolute atomic E-state index is 0.0895. The lowest BCUT2D eigenvalue weighted by Crippen LogP contribution is -2.25. The first-order valence-corrected chi connectivity index (χ1v) is 7.85. The highest BCUT2D eigenvalue weighted by Crippen LogP contribution is 2.29. The van der Waals surface area contributed by atoms with Crippen molar-refractivity contribution in [2.24, 2.45) is 0 Å². The number of sulfonamides is 1. The molecule has 0 saturated heterocycles. The number of ether oxygens (including phenoxy) is 1. The summed E-state index contributed by atoms with van der Waals surface area (Å²) in [5.41, 5.74) is 0.0895. The van der Waals surface area contributed by atoms with Crippen LogP contribution in [0.2, 0.25) is 0 Å².